The number of amides is 1. The van der Waals surface area contributed by atoms with Crippen LogP contribution in [0.2, 0.25) is 5.02 Å². The SMILES string of the molecule is COCCCOc1ccc(Cl)c(-c2ccnc(NC(=O)c3nnc(CC4CCCCC4)[nH]3)c2)c1. The van der Waals surface area contributed by atoms with Gasteiger partial charge in [0.2, 0.25) is 5.82 Å². The Hall–Kier alpha value is -2.97. The van der Waals surface area contributed by atoms with E-state index in [0.29, 0.717) is 35.7 Å². The van der Waals surface area contributed by atoms with Crippen molar-refractivity contribution in [3.63, 3.8) is 0 Å². The highest BCUT2D eigenvalue weighted by molar-refractivity contribution is 6.33. The van der Waals surface area contributed by atoms with E-state index in [1.165, 1.54) is 32.1 Å². The lowest BCUT2D eigenvalue weighted by molar-refractivity contribution is 0.101. The molecule has 0 atom stereocenters. The molecule has 1 aliphatic rings. The number of hydrogen-bond donors (Lipinski definition) is 2. The molecular formula is C25H30ClN5O3. The summed E-state index contributed by atoms with van der Waals surface area (Å²) in [6, 6.07) is 9.11. The minimum atomic E-state index is -0.381. The van der Waals surface area contributed by atoms with Gasteiger partial charge in [-0.1, -0.05) is 43.7 Å². The van der Waals surface area contributed by atoms with Crippen LogP contribution in [0.5, 0.6) is 5.75 Å². The van der Waals surface area contributed by atoms with E-state index in [1.54, 1.807) is 25.4 Å². The lowest BCUT2D eigenvalue weighted by Gasteiger charge is -2.19. The molecule has 180 valence electrons. The lowest BCUT2D eigenvalue weighted by atomic mass is 9.87. The van der Waals surface area contributed by atoms with E-state index in [9.17, 15) is 4.79 Å². The first kappa shape index (κ1) is 24.2. The molecule has 0 bridgehead atoms. The van der Waals surface area contributed by atoms with Crippen LogP contribution in [0.3, 0.4) is 0 Å². The summed E-state index contributed by atoms with van der Waals surface area (Å²) in [6.07, 6.45) is 9.51. The van der Waals surface area contributed by atoms with Gasteiger partial charge >= 0.3 is 0 Å². The molecule has 2 N–H and O–H groups in total. The third-order valence-corrected chi connectivity index (χ3v) is 6.30. The van der Waals surface area contributed by atoms with Crippen molar-refractivity contribution in [2.75, 3.05) is 25.6 Å². The topological polar surface area (TPSA) is 102 Å². The van der Waals surface area contributed by atoms with Crippen LogP contribution in [0, 0.1) is 5.92 Å². The van der Waals surface area contributed by atoms with E-state index in [4.69, 9.17) is 21.1 Å². The molecule has 2 aromatic heterocycles. The molecule has 1 aromatic carbocycles. The van der Waals surface area contributed by atoms with Crippen LogP contribution >= 0.6 is 11.6 Å². The second-order valence-electron chi connectivity index (χ2n) is 8.55. The maximum Gasteiger partial charge on any atom is 0.294 e. The summed E-state index contributed by atoms with van der Waals surface area (Å²) in [7, 11) is 1.67. The van der Waals surface area contributed by atoms with E-state index in [0.717, 1.165) is 29.8 Å². The minimum Gasteiger partial charge on any atom is -0.493 e. The first-order valence-corrected chi connectivity index (χ1v) is 12.1. The van der Waals surface area contributed by atoms with Crippen molar-refractivity contribution in [2.45, 2.75) is 44.9 Å². The van der Waals surface area contributed by atoms with Crippen LogP contribution in [0.4, 0.5) is 5.82 Å². The molecule has 4 rings (SSSR count). The fourth-order valence-corrected chi connectivity index (χ4v) is 4.43. The summed E-state index contributed by atoms with van der Waals surface area (Å²) >= 11 is 6.44. The highest BCUT2D eigenvalue weighted by Gasteiger charge is 2.18. The second kappa shape index (κ2) is 11.9. The zero-order valence-electron chi connectivity index (χ0n) is 19.3. The molecule has 0 aliphatic heterocycles. The Morgan fingerprint density at radius 1 is 1.15 bits per heavy atom. The zero-order chi connectivity index (χ0) is 23.8. The van der Waals surface area contributed by atoms with Gasteiger partial charge in [0, 0.05) is 43.3 Å². The number of hydrogen-bond acceptors (Lipinski definition) is 6. The smallest absolute Gasteiger partial charge is 0.294 e. The number of rotatable bonds is 10. The van der Waals surface area contributed by atoms with Crippen molar-refractivity contribution in [3.05, 3.63) is 53.2 Å². The molecule has 2 heterocycles. The van der Waals surface area contributed by atoms with E-state index < -0.39 is 0 Å². The summed E-state index contributed by atoms with van der Waals surface area (Å²) in [5.74, 6) is 2.28. The number of aromatic amines is 1. The fraction of sp³-hybridized carbons (Fsp3) is 0.440. The van der Waals surface area contributed by atoms with Crippen LogP contribution in [0.25, 0.3) is 11.1 Å². The highest BCUT2D eigenvalue weighted by atomic mass is 35.5. The Balaban J connectivity index is 1.41. The number of nitrogens with zero attached hydrogens (tertiary/aromatic N) is 3. The van der Waals surface area contributed by atoms with Gasteiger partial charge in [0.25, 0.3) is 5.91 Å². The Morgan fingerprint density at radius 2 is 2.00 bits per heavy atom. The Bertz CT molecular complexity index is 1100. The van der Waals surface area contributed by atoms with Crippen molar-refractivity contribution in [1.29, 1.82) is 0 Å². The predicted molar refractivity (Wildman–Crippen MR) is 131 cm³/mol. The summed E-state index contributed by atoms with van der Waals surface area (Å²) in [4.78, 5) is 20.1. The standard InChI is InChI=1S/C25H30ClN5O3/c1-33-12-5-13-34-19-8-9-21(26)20(16-19)18-10-11-27-22(15-18)29-25(32)24-28-23(30-31-24)14-17-6-3-2-4-7-17/h8-11,15-17H,2-7,12-14H2,1H3,(H,27,29,32)(H,28,30,31). The molecule has 8 nitrogen and oxygen atoms in total. The van der Waals surface area contributed by atoms with Gasteiger partial charge < -0.3 is 19.8 Å². The van der Waals surface area contributed by atoms with Crippen LogP contribution in [-0.2, 0) is 11.2 Å². The number of pyridine rings is 1. The molecule has 1 saturated carbocycles. The van der Waals surface area contributed by atoms with Crippen LogP contribution < -0.4 is 10.1 Å². The van der Waals surface area contributed by atoms with Gasteiger partial charge in [-0.15, -0.1) is 10.2 Å². The molecule has 0 saturated heterocycles. The van der Waals surface area contributed by atoms with Crippen LogP contribution in [0.1, 0.15) is 55.0 Å². The Morgan fingerprint density at radius 3 is 2.82 bits per heavy atom. The maximum absolute atomic E-state index is 12.7. The van der Waals surface area contributed by atoms with Crippen LogP contribution in [-0.4, -0.2) is 46.4 Å². The average Bonchev–Trinajstić information content (AvgIpc) is 3.32. The third kappa shape index (κ3) is 6.55. The molecule has 1 aliphatic carbocycles. The number of carbonyl (C=O) groups is 1. The first-order chi connectivity index (χ1) is 16.6. The van der Waals surface area contributed by atoms with Gasteiger partial charge in [0.1, 0.15) is 17.4 Å². The number of ether oxygens (including phenoxy) is 2. The van der Waals surface area contributed by atoms with E-state index in [-0.39, 0.29) is 11.7 Å². The quantitative estimate of drug-likeness (QED) is 0.379. The van der Waals surface area contributed by atoms with Crippen molar-refractivity contribution >= 4 is 23.3 Å². The maximum atomic E-state index is 12.7. The third-order valence-electron chi connectivity index (χ3n) is 5.97. The molecule has 9 heteroatoms. The van der Waals surface area contributed by atoms with E-state index >= 15 is 0 Å². The largest absolute Gasteiger partial charge is 0.493 e. The number of benzene rings is 1. The molecule has 0 radical (unpaired) electrons. The van der Waals surface area contributed by atoms with Crippen molar-refractivity contribution < 1.29 is 14.3 Å². The van der Waals surface area contributed by atoms with E-state index in [2.05, 4.69) is 25.5 Å². The molecular weight excluding hydrogens is 454 g/mol. The number of anilines is 1. The lowest BCUT2D eigenvalue weighted by Crippen LogP contribution is -2.15. The number of carbonyl (C=O) groups excluding carboxylic acids is 1. The Labute approximate surface area is 204 Å². The van der Waals surface area contributed by atoms with Crippen molar-refractivity contribution in [1.82, 2.24) is 20.2 Å². The first-order valence-electron chi connectivity index (χ1n) is 11.7. The normalized spacial score (nSPS) is 14.2. The van der Waals surface area contributed by atoms with Gasteiger partial charge in [-0.05, 0) is 41.8 Å². The number of halogens is 1. The monoisotopic (exact) mass is 483 g/mol. The summed E-state index contributed by atoms with van der Waals surface area (Å²) in [5.41, 5.74) is 1.60. The van der Waals surface area contributed by atoms with Gasteiger partial charge in [-0.25, -0.2) is 4.98 Å². The number of H-pyrrole nitrogens is 1. The minimum absolute atomic E-state index is 0.183. The van der Waals surface area contributed by atoms with Crippen molar-refractivity contribution in [2.24, 2.45) is 5.92 Å². The number of nitrogens with one attached hydrogen (secondary N) is 2. The zero-order valence-corrected chi connectivity index (χ0v) is 20.1. The van der Waals surface area contributed by atoms with Gasteiger partial charge in [-0.2, -0.15) is 0 Å². The summed E-state index contributed by atoms with van der Waals surface area (Å²) < 4.78 is 10.8. The van der Waals surface area contributed by atoms with Gasteiger partial charge in [0.15, 0.2) is 0 Å². The molecule has 34 heavy (non-hydrogen) atoms. The molecule has 3 aromatic rings. The molecule has 0 spiro atoms. The van der Waals surface area contributed by atoms with Crippen molar-refractivity contribution in [3.8, 4) is 16.9 Å². The predicted octanol–water partition coefficient (Wildman–Crippen LogP) is 5.31. The molecule has 0 unspecified atom stereocenters. The second-order valence-corrected chi connectivity index (χ2v) is 8.96. The van der Waals surface area contributed by atoms with Gasteiger partial charge in [-0.3, -0.25) is 4.79 Å². The summed E-state index contributed by atoms with van der Waals surface area (Å²) in [6.45, 7) is 1.19. The van der Waals surface area contributed by atoms with E-state index in [1.807, 2.05) is 18.2 Å². The summed E-state index contributed by atoms with van der Waals surface area (Å²) in [5, 5.41) is 11.6. The number of methoxy groups -OCH3 is 1. The average molecular weight is 484 g/mol. The van der Waals surface area contributed by atoms with Gasteiger partial charge in [0.05, 0.1) is 6.61 Å². The number of aromatic nitrogens is 4. The Kier molecular flexibility index (Phi) is 8.49. The fourth-order valence-electron chi connectivity index (χ4n) is 4.21. The molecule has 1 amide bonds. The highest BCUT2D eigenvalue weighted by Crippen LogP contribution is 2.32. The van der Waals surface area contributed by atoms with Crippen LogP contribution in [0.15, 0.2) is 36.5 Å². The molecule has 1 fully saturated rings.